The fourth-order valence-corrected chi connectivity index (χ4v) is 1.80. The zero-order valence-corrected chi connectivity index (χ0v) is 11.3. The lowest BCUT2D eigenvalue weighted by Gasteiger charge is -2.06. The van der Waals surface area contributed by atoms with Crippen LogP contribution in [0.1, 0.15) is 25.0 Å². The number of nitrogen functional groups attached to an aromatic ring is 1. The van der Waals surface area contributed by atoms with Crippen LogP contribution >= 0.6 is 0 Å². The van der Waals surface area contributed by atoms with Crippen molar-refractivity contribution in [2.75, 3.05) is 11.1 Å². The average Bonchev–Trinajstić information content (AvgIpc) is 2.66. The third-order valence-corrected chi connectivity index (χ3v) is 2.74. The maximum Gasteiger partial charge on any atom is 0.168 e. The van der Waals surface area contributed by atoms with Gasteiger partial charge in [0.1, 0.15) is 17.5 Å². The quantitative estimate of drug-likeness (QED) is 0.882. The van der Waals surface area contributed by atoms with Crippen molar-refractivity contribution in [3.05, 3.63) is 35.4 Å². The molecule has 98 valence electrons. The summed E-state index contributed by atoms with van der Waals surface area (Å²) in [4.78, 5) is 0. The molecular weight excluding hydrogens is 238 g/mol. The van der Waals surface area contributed by atoms with E-state index in [2.05, 4.69) is 16.5 Å². The predicted molar refractivity (Wildman–Crippen MR) is 76.2 cm³/mol. The third kappa shape index (κ3) is 2.52. The molecule has 1 aromatic carbocycles. The van der Waals surface area contributed by atoms with E-state index in [1.165, 1.54) is 0 Å². The number of benzene rings is 1. The molecule has 0 radical (unpaired) electrons. The van der Waals surface area contributed by atoms with Crippen LogP contribution < -0.4 is 11.1 Å². The summed E-state index contributed by atoms with van der Waals surface area (Å²) in [6, 6.07) is 10.1. The minimum Gasteiger partial charge on any atom is -0.382 e. The molecule has 0 atom stereocenters. The first kappa shape index (κ1) is 13.0. The van der Waals surface area contributed by atoms with Gasteiger partial charge in [0.25, 0.3) is 0 Å². The molecule has 2 rings (SSSR count). The lowest BCUT2D eigenvalue weighted by atomic mass is 10.2. The lowest BCUT2D eigenvalue weighted by Crippen LogP contribution is -2.11. The molecule has 3 N–H and O–H groups in total. The maximum atomic E-state index is 9.19. The van der Waals surface area contributed by atoms with E-state index in [0.717, 1.165) is 11.3 Å². The highest BCUT2D eigenvalue weighted by molar-refractivity contribution is 5.66. The molecule has 0 amide bonds. The zero-order valence-electron chi connectivity index (χ0n) is 11.3. The maximum absolute atomic E-state index is 9.19. The average molecular weight is 255 g/mol. The number of aryl methyl sites for hydroxylation is 1. The van der Waals surface area contributed by atoms with E-state index in [1.807, 2.05) is 45.0 Å². The highest BCUT2D eigenvalue weighted by atomic mass is 15.3. The predicted octanol–water partition coefficient (Wildman–Crippen LogP) is 2.45. The molecule has 5 heteroatoms. The Morgan fingerprint density at radius 1 is 1.32 bits per heavy atom. The monoisotopic (exact) mass is 255 g/mol. The minimum absolute atomic E-state index is 0.188. The minimum atomic E-state index is 0.188. The van der Waals surface area contributed by atoms with E-state index in [4.69, 9.17) is 5.73 Å². The van der Waals surface area contributed by atoms with Gasteiger partial charge in [-0.05, 0) is 32.9 Å². The van der Waals surface area contributed by atoms with Crippen molar-refractivity contribution < 1.29 is 0 Å². The van der Waals surface area contributed by atoms with Crippen molar-refractivity contribution in [3.63, 3.8) is 0 Å². The van der Waals surface area contributed by atoms with Gasteiger partial charge in [-0.2, -0.15) is 5.26 Å². The van der Waals surface area contributed by atoms with Crippen LogP contribution in [-0.4, -0.2) is 15.8 Å². The molecule has 5 nitrogen and oxygen atoms in total. The summed E-state index contributed by atoms with van der Waals surface area (Å²) < 4.78 is 1.59. The Morgan fingerprint density at radius 3 is 2.47 bits per heavy atom. The second-order valence-corrected chi connectivity index (χ2v) is 4.77. The summed E-state index contributed by atoms with van der Waals surface area (Å²) in [6.45, 7) is 5.99. The van der Waals surface area contributed by atoms with Crippen LogP contribution in [0.3, 0.4) is 0 Å². The number of nitrogens with zero attached hydrogens (tertiary/aromatic N) is 3. The van der Waals surface area contributed by atoms with E-state index in [9.17, 15) is 5.26 Å². The Bertz CT molecular complexity index is 617. The van der Waals surface area contributed by atoms with Gasteiger partial charge in [0.15, 0.2) is 5.82 Å². The number of rotatable bonds is 3. The second-order valence-electron chi connectivity index (χ2n) is 4.77. The largest absolute Gasteiger partial charge is 0.382 e. The van der Waals surface area contributed by atoms with Gasteiger partial charge in [-0.25, -0.2) is 4.68 Å². The summed E-state index contributed by atoms with van der Waals surface area (Å²) in [5, 5.41) is 16.7. The van der Waals surface area contributed by atoms with Gasteiger partial charge in [0.2, 0.25) is 0 Å². The molecule has 2 aromatic rings. The van der Waals surface area contributed by atoms with E-state index >= 15 is 0 Å². The first-order valence-electron chi connectivity index (χ1n) is 6.15. The number of nitrogens with two attached hydrogens (primary N) is 1. The van der Waals surface area contributed by atoms with Crippen molar-refractivity contribution in [3.8, 4) is 11.8 Å². The van der Waals surface area contributed by atoms with Crippen LogP contribution in [0.4, 0.5) is 11.6 Å². The summed E-state index contributed by atoms with van der Waals surface area (Å²) >= 11 is 0. The molecule has 0 saturated heterocycles. The summed E-state index contributed by atoms with van der Waals surface area (Å²) in [6.07, 6.45) is 0. The van der Waals surface area contributed by atoms with Gasteiger partial charge in [-0.1, -0.05) is 17.7 Å². The van der Waals surface area contributed by atoms with Crippen molar-refractivity contribution in [2.45, 2.75) is 26.8 Å². The molecule has 0 spiro atoms. The Morgan fingerprint density at radius 2 is 1.95 bits per heavy atom. The van der Waals surface area contributed by atoms with Gasteiger partial charge in [0.05, 0.1) is 5.69 Å². The van der Waals surface area contributed by atoms with Crippen LogP contribution in [0.25, 0.3) is 5.69 Å². The first-order chi connectivity index (χ1) is 9.02. The molecule has 1 heterocycles. The molecule has 0 aliphatic rings. The van der Waals surface area contributed by atoms with Crippen LogP contribution in [0.2, 0.25) is 0 Å². The van der Waals surface area contributed by atoms with Gasteiger partial charge < -0.3 is 11.1 Å². The Kier molecular flexibility index (Phi) is 3.43. The van der Waals surface area contributed by atoms with Gasteiger partial charge in [-0.3, -0.25) is 0 Å². The molecule has 0 fully saturated rings. The van der Waals surface area contributed by atoms with E-state index in [1.54, 1.807) is 4.68 Å². The molecule has 0 unspecified atom stereocenters. The van der Waals surface area contributed by atoms with Crippen LogP contribution in [0.15, 0.2) is 24.3 Å². The van der Waals surface area contributed by atoms with Crippen molar-refractivity contribution >= 4 is 11.6 Å². The molecular formula is C14H17N5. The topological polar surface area (TPSA) is 79.7 Å². The highest BCUT2D eigenvalue weighted by Gasteiger charge is 2.16. The molecule has 0 aliphatic carbocycles. The normalized spacial score (nSPS) is 10.5. The third-order valence-electron chi connectivity index (χ3n) is 2.74. The fraction of sp³-hybridized carbons (Fsp3) is 0.286. The second kappa shape index (κ2) is 5.02. The van der Waals surface area contributed by atoms with Crippen molar-refractivity contribution in [2.24, 2.45) is 0 Å². The van der Waals surface area contributed by atoms with Gasteiger partial charge in [0, 0.05) is 6.04 Å². The Balaban J connectivity index is 2.50. The molecule has 0 bridgehead atoms. The number of hydrogen-bond donors (Lipinski definition) is 2. The number of anilines is 2. The zero-order chi connectivity index (χ0) is 14.0. The first-order valence-corrected chi connectivity index (χ1v) is 6.15. The van der Waals surface area contributed by atoms with Gasteiger partial charge in [-0.15, -0.1) is 5.10 Å². The molecule has 0 aliphatic heterocycles. The number of nitriles is 1. The van der Waals surface area contributed by atoms with E-state index in [0.29, 0.717) is 17.2 Å². The lowest BCUT2D eigenvalue weighted by molar-refractivity contribution is 0.850. The van der Waals surface area contributed by atoms with E-state index < -0.39 is 0 Å². The van der Waals surface area contributed by atoms with Gasteiger partial charge >= 0.3 is 0 Å². The van der Waals surface area contributed by atoms with Crippen molar-refractivity contribution in [1.82, 2.24) is 9.78 Å². The Labute approximate surface area is 112 Å². The SMILES string of the molecule is Cc1ccc(-n2nc(NC(C)C)c(C#N)c2N)cc1. The molecule has 0 saturated carbocycles. The van der Waals surface area contributed by atoms with Crippen LogP contribution in [-0.2, 0) is 0 Å². The Hall–Kier alpha value is -2.48. The molecule has 1 aromatic heterocycles. The number of hydrogen-bond acceptors (Lipinski definition) is 4. The summed E-state index contributed by atoms with van der Waals surface area (Å²) in [5.74, 6) is 0.880. The highest BCUT2D eigenvalue weighted by Crippen LogP contribution is 2.24. The summed E-state index contributed by atoms with van der Waals surface area (Å²) in [5.41, 5.74) is 8.39. The number of aromatic nitrogens is 2. The van der Waals surface area contributed by atoms with Crippen LogP contribution in [0, 0.1) is 18.3 Å². The smallest absolute Gasteiger partial charge is 0.168 e. The van der Waals surface area contributed by atoms with Crippen molar-refractivity contribution in [1.29, 1.82) is 5.26 Å². The standard InChI is InChI=1S/C14H17N5/c1-9(2)17-14-12(8-15)13(16)19(18-14)11-6-4-10(3)5-7-11/h4-7,9H,16H2,1-3H3,(H,17,18). The number of nitrogens with one attached hydrogen (secondary N) is 1. The molecule has 19 heavy (non-hydrogen) atoms. The fourth-order valence-electron chi connectivity index (χ4n) is 1.80. The van der Waals surface area contributed by atoms with Crippen LogP contribution in [0.5, 0.6) is 0 Å². The van der Waals surface area contributed by atoms with E-state index in [-0.39, 0.29) is 6.04 Å². The summed E-state index contributed by atoms with van der Waals surface area (Å²) in [7, 11) is 0.